The van der Waals surface area contributed by atoms with Crippen LogP contribution in [0.3, 0.4) is 0 Å². The first-order valence-corrected chi connectivity index (χ1v) is 8.72. The molecule has 3 aromatic rings. The van der Waals surface area contributed by atoms with Gasteiger partial charge in [-0.05, 0) is 35.6 Å². The van der Waals surface area contributed by atoms with Gasteiger partial charge in [0.05, 0.1) is 17.6 Å². The first-order valence-electron chi connectivity index (χ1n) is 8.72. The minimum atomic E-state index is -0.273. The number of aromatic nitrogens is 2. The largest absolute Gasteiger partial charge is 0.461 e. The zero-order valence-electron chi connectivity index (χ0n) is 15.7. The molecule has 0 spiro atoms. The Balaban J connectivity index is 1.99. The van der Waals surface area contributed by atoms with Crippen molar-refractivity contribution < 1.29 is 9.53 Å². The third kappa shape index (κ3) is 3.34. The highest BCUT2D eigenvalue weighted by molar-refractivity contribution is 5.95. The van der Waals surface area contributed by atoms with Crippen molar-refractivity contribution in [3.63, 3.8) is 0 Å². The van der Waals surface area contributed by atoms with E-state index in [-0.39, 0.29) is 11.4 Å². The minimum absolute atomic E-state index is 0.134. The number of esters is 1. The first kappa shape index (κ1) is 17.3. The second-order valence-electron chi connectivity index (χ2n) is 7.48. The van der Waals surface area contributed by atoms with E-state index in [1.54, 1.807) is 0 Å². The van der Waals surface area contributed by atoms with E-state index in [9.17, 15) is 4.79 Å². The molecule has 0 aliphatic carbocycles. The summed E-state index contributed by atoms with van der Waals surface area (Å²) in [5.74, 6) is -0.273. The molecule has 0 aliphatic rings. The maximum atomic E-state index is 12.4. The topological polar surface area (TPSA) is 36.2 Å². The Labute approximate surface area is 149 Å². The number of rotatable bonds is 4. The molecule has 0 radical (unpaired) electrons. The van der Waals surface area contributed by atoms with Crippen molar-refractivity contribution in [2.24, 2.45) is 7.05 Å². The molecule has 0 saturated carbocycles. The molecule has 0 atom stereocenters. The molecular weight excluding hydrogens is 312 g/mol. The molecule has 2 aromatic heterocycles. The highest BCUT2D eigenvalue weighted by Crippen LogP contribution is 2.25. The van der Waals surface area contributed by atoms with E-state index in [0.717, 1.165) is 11.0 Å². The smallest absolute Gasteiger partial charge is 0.355 e. The van der Waals surface area contributed by atoms with E-state index >= 15 is 0 Å². The first-order chi connectivity index (χ1) is 11.8. The molecular formula is C21H26N2O2. The number of ether oxygens (including phenoxy) is 1. The van der Waals surface area contributed by atoms with Gasteiger partial charge in [0.15, 0.2) is 0 Å². The van der Waals surface area contributed by atoms with Gasteiger partial charge < -0.3 is 13.9 Å². The standard InChI is InChI=1S/C21H26N2O2/c1-6-25-20(24)19-13-18-17(11-12-22(18)5)23(19)14-15-7-9-16(10-8-15)21(2,3)4/h7-13H,6,14H2,1-5H3. The van der Waals surface area contributed by atoms with E-state index in [0.29, 0.717) is 18.8 Å². The molecule has 0 unspecified atom stereocenters. The summed E-state index contributed by atoms with van der Waals surface area (Å²) in [4.78, 5) is 12.4. The Hall–Kier alpha value is -2.49. The van der Waals surface area contributed by atoms with Crippen LogP contribution in [0.5, 0.6) is 0 Å². The molecule has 3 rings (SSSR count). The molecule has 4 heteroatoms. The number of carbonyl (C=O) groups is 1. The summed E-state index contributed by atoms with van der Waals surface area (Å²) in [5.41, 5.74) is 5.29. The minimum Gasteiger partial charge on any atom is -0.461 e. The van der Waals surface area contributed by atoms with E-state index in [1.807, 2.05) is 41.4 Å². The molecule has 0 saturated heterocycles. The number of aryl methyl sites for hydroxylation is 1. The van der Waals surface area contributed by atoms with Crippen LogP contribution in [-0.2, 0) is 23.7 Å². The summed E-state index contributed by atoms with van der Waals surface area (Å²) in [6.45, 7) is 9.48. The van der Waals surface area contributed by atoms with Crippen molar-refractivity contribution in [3.8, 4) is 0 Å². The predicted octanol–water partition coefficient (Wildman–Crippen LogP) is 4.50. The van der Waals surface area contributed by atoms with Gasteiger partial charge in [0.25, 0.3) is 0 Å². The van der Waals surface area contributed by atoms with E-state index in [2.05, 4.69) is 45.0 Å². The molecule has 4 nitrogen and oxygen atoms in total. The molecule has 0 bridgehead atoms. The van der Waals surface area contributed by atoms with Crippen LogP contribution in [0.2, 0.25) is 0 Å². The van der Waals surface area contributed by atoms with Crippen LogP contribution in [0.4, 0.5) is 0 Å². The molecule has 0 fully saturated rings. The molecule has 0 amide bonds. The highest BCUT2D eigenvalue weighted by Gasteiger charge is 2.19. The maximum absolute atomic E-state index is 12.4. The second kappa shape index (κ2) is 6.43. The molecule has 1 aromatic carbocycles. The fourth-order valence-electron chi connectivity index (χ4n) is 3.11. The third-order valence-corrected chi connectivity index (χ3v) is 4.60. The van der Waals surface area contributed by atoms with Crippen molar-refractivity contribution in [3.05, 3.63) is 59.4 Å². The van der Waals surface area contributed by atoms with Gasteiger partial charge in [-0.15, -0.1) is 0 Å². The lowest BCUT2D eigenvalue weighted by Gasteiger charge is -2.19. The van der Waals surface area contributed by atoms with Gasteiger partial charge in [-0.3, -0.25) is 0 Å². The zero-order chi connectivity index (χ0) is 18.2. The van der Waals surface area contributed by atoms with Gasteiger partial charge in [0.1, 0.15) is 5.69 Å². The summed E-state index contributed by atoms with van der Waals surface area (Å²) in [6.07, 6.45) is 2.01. The Morgan fingerprint density at radius 1 is 1.08 bits per heavy atom. The Morgan fingerprint density at radius 2 is 1.76 bits per heavy atom. The lowest BCUT2D eigenvalue weighted by molar-refractivity contribution is 0.0515. The zero-order valence-corrected chi connectivity index (χ0v) is 15.7. The third-order valence-electron chi connectivity index (χ3n) is 4.60. The fraction of sp³-hybridized carbons (Fsp3) is 0.381. The predicted molar refractivity (Wildman–Crippen MR) is 101 cm³/mol. The second-order valence-corrected chi connectivity index (χ2v) is 7.48. The summed E-state index contributed by atoms with van der Waals surface area (Å²) in [7, 11) is 1.99. The number of hydrogen-bond donors (Lipinski definition) is 0. The van der Waals surface area contributed by atoms with Crippen LogP contribution in [0, 0.1) is 0 Å². The van der Waals surface area contributed by atoms with Crippen LogP contribution in [0.15, 0.2) is 42.6 Å². The summed E-state index contributed by atoms with van der Waals surface area (Å²) >= 11 is 0. The van der Waals surface area contributed by atoms with Crippen molar-refractivity contribution in [2.75, 3.05) is 6.61 Å². The lowest BCUT2D eigenvalue weighted by atomic mass is 9.87. The quantitative estimate of drug-likeness (QED) is 0.657. The average Bonchev–Trinajstić information content (AvgIpc) is 3.08. The van der Waals surface area contributed by atoms with Gasteiger partial charge in [-0.1, -0.05) is 45.0 Å². The van der Waals surface area contributed by atoms with Gasteiger partial charge in [-0.25, -0.2) is 4.79 Å². The SMILES string of the molecule is CCOC(=O)c1cc2c(ccn2C)n1Cc1ccc(C(C)(C)C)cc1. The normalized spacial score (nSPS) is 11.9. The van der Waals surface area contributed by atoms with Gasteiger partial charge in [0.2, 0.25) is 0 Å². The average molecular weight is 338 g/mol. The lowest BCUT2D eigenvalue weighted by Crippen LogP contribution is -2.13. The van der Waals surface area contributed by atoms with Crippen molar-refractivity contribution in [1.29, 1.82) is 0 Å². The number of benzene rings is 1. The van der Waals surface area contributed by atoms with Gasteiger partial charge in [-0.2, -0.15) is 0 Å². The van der Waals surface area contributed by atoms with Crippen molar-refractivity contribution >= 4 is 17.0 Å². The van der Waals surface area contributed by atoms with Crippen LogP contribution in [0.25, 0.3) is 11.0 Å². The molecule has 132 valence electrons. The van der Waals surface area contributed by atoms with E-state index in [4.69, 9.17) is 4.74 Å². The molecule has 0 N–H and O–H groups in total. The van der Waals surface area contributed by atoms with Crippen LogP contribution in [0.1, 0.15) is 49.3 Å². The molecule has 25 heavy (non-hydrogen) atoms. The van der Waals surface area contributed by atoms with Crippen LogP contribution < -0.4 is 0 Å². The number of fused-ring (bicyclic) bond motifs is 1. The fourth-order valence-corrected chi connectivity index (χ4v) is 3.11. The van der Waals surface area contributed by atoms with Gasteiger partial charge >= 0.3 is 5.97 Å². The summed E-state index contributed by atoms with van der Waals surface area (Å²) in [6, 6.07) is 12.6. The highest BCUT2D eigenvalue weighted by atomic mass is 16.5. The Morgan fingerprint density at radius 3 is 2.36 bits per heavy atom. The van der Waals surface area contributed by atoms with E-state index < -0.39 is 0 Å². The Kier molecular flexibility index (Phi) is 4.46. The molecule has 0 aliphatic heterocycles. The summed E-state index contributed by atoms with van der Waals surface area (Å²) < 4.78 is 9.31. The number of carbonyl (C=O) groups excluding carboxylic acids is 1. The number of hydrogen-bond acceptors (Lipinski definition) is 2. The van der Waals surface area contributed by atoms with Crippen LogP contribution >= 0.6 is 0 Å². The summed E-state index contributed by atoms with van der Waals surface area (Å²) in [5, 5.41) is 0. The van der Waals surface area contributed by atoms with E-state index in [1.165, 1.54) is 11.1 Å². The van der Waals surface area contributed by atoms with Gasteiger partial charge in [0, 0.05) is 19.8 Å². The van der Waals surface area contributed by atoms with Crippen molar-refractivity contribution in [1.82, 2.24) is 9.13 Å². The Bertz CT molecular complexity index is 893. The molecule has 2 heterocycles. The monoisotopic (exact) mass is 338 g/mol. The van der Waals surface area contributed by atoms with Crippen molar-refractivity contribution in [2.45, 2.75) is 39.7 Å². The van der Waals surface area contributed by atoms with Crippen LogP contribution in [-0.4, -0.2) is 21.7 Å². The maximum Gasteiger partial charge on any atom is 0.355 e. The number of nitrogens with zero attached hydrogens (tertiary/aromatic N) is 2.